The predicted octanol–water partition coefficient (Wildman–Crippen LogP) is 0.734. The number of methoxy groups -OCH3 is 2. The molecule has 0 aliphatic carbocycles. The summed E-state index contributed by atoms with van der Waals surface area (Å²) in [5.74, 6) is 6.39. The van der Waals surface area contributed by atoms with E-state index < -0.39 is 6.04 Å². The molecule has 19 heavy (non-hydrogen) atoms. The highest BCUT2D eigenvalue weighted by Crippen LogP contribution is 2.33. The van der Waals surface area contributed by atoms with Crippen LogP contribution >= 0.6 is 0 Å². The summed E-state index contributed by atoms with van der Waals surface area (Å²) in [6.45, 7) is 1.91. The number of rotatable bonds is 5. The highest BCUT2D eigenvalue weighted by Gasteiger charge is 2.18. The third kappa shape index (κ3) is 3.59. The summed E-state index contributed by atoms with van der Waals surface area (Å²) in [5.41, 5.74) is 7.83. The summed E-state index contributed by atoms with van der Waals surface area (Å²) < 4.78 is 10.4. The van der Waals surface area contributed by atoms with E-state index in [0.29, 0.717) is 11.5 Å². The summed E-state index contributed by atoms with van der Waals surface area (Å²) in [7, 11) is 4.63. The number of ether oxygens (including phenoxy) is 2. The third-order valence-electron chi connectivity index (χ3n) is 2.96. The normalized spacial score (nSPS) is 11.9. The molecular formula is C13H21N3O3. The molecule has 1 aromatic carbocycles. The molecule has 0 saturated heterocycles. The second-order valence-electron chi connectivity index (χ2n) is 4.38. The van der Waals surface area contributed by atoms with Crippen LogP contribution < -0.4 is 21.1 Å². The number of hydrazine groups is 1. The van der Waals surface area contributed by atoms with Crippen LogP contribution in [-0.4, -0.2) is 32.2 Å². The predicted molar refractivity (Wildman–Crippen MR) is 72.8 cm³/mol. The fraction of sp³-hybridized carbons (Fsp3) is 0.462. The Morgan fingerprint density at radius 3 is 2.32 bits per heavy atom. The van der Waals surface area contributed by atoms with E-state index in [9.17, 15) is 4.79 Å². The van der Waals surface area contributed by atoms with Crippen LogP contribution in [0.2, 0.25) is 0 Å². The number of carbonyl (C=O) groups is 1. The van der Waals surface area contributed by atoms with E-state index in [-0.39, 0.29) is 12.3 Å². The number of carbonyl (C=O) groups excluding carboxylic acids is 1. The van der Waals surface area contributed by atoms with Gasteiger partial charge in [-0.05, 0) is 30.2 Å². The Balaban J connectivity index is 3.03. The summed E-state index contributed by atoms with van der Waals surface area (Å²) in [4.78, 5) is 11.6. The molecule has 1 aromatic rings. The van der Waals surface area contributed by atoms with E-state index >= 15 is 0 Å². The van der Waals surface area contributed by atoms with Crippen molar-refractivity contribution in [2.24, 2.45) is 11.6 Å². The Kier molecular flexibility index (Phi) is 5.14. The number of hydrogen-bond acceptors (Lipinski definition) is 5. The van der Waals surface area contributed by atoms with Crippen LogP contribution in [-0.2, 0) is 4.79 Å². The van der Waals surface area contributed by atoms with Crippen LogP contribution in [0.5, 0.6) is 11.5 Å². The SMILES string of the molecule is COc1cc(C)c(C(N)CC(=O)N(C)N)cc1OC. The van der Waals surface area contributed by atoms with E-state index in [0.717, 1.165) is 16.1 Å². The maximum Gasteiger partial charge on any atom is 0.238 e. The molecule has 106 valence electrons. The zero-order chi connectivity index (χ0) is 14.6. The number of aryl methyl sites for hydroxylation is 1. The lowest BCUT2D eigenvalue weighted by Gasteiger charge is -2.19. The standard InChI is InChI=1S/C13H21N3O3/c1-8-5-11(18-3)12(19-4)6-9(8)10(14)7-13(17)16(2)15/h5-6,10H,7,14-15H2,1-4H3. The van der Waals surface area contributed by atoms with E-state index in [4.69, 9.17) is 21.1 Å². The fourth-order valence-corrected chi connectivity index (χ4v) is 1.84. The Morgan fingerprint density at radius 1 is 1.32 bits per heavy atom. The number of benzene rings is 1. The largest absolute Gasteiger partial charge is 0.493 e. The molecule has 1 unspecified atom stereocenters. The number of amides is 1. The molecule has 6 heteroatoms. The van der Waals surface area contributed by atoms with Gasteiger partial charge in [-0.1, -0.05) is 0 Å². The van der Waals surface area contributed by atoms with Gasteiger partial charge in [0.1, 0.15) is 0 Å². The van der Waals surface area contributed by atoms with Crippen molar-refractivity contribution in [3.63, 3.8) is 0 Å². The monoisotopic (exact) mass is 267 g/mol. The first-order valence-electron chi connectivity index (χ1n) is 5.90. The first kappa shape index (κ1) is 15.3. The molecule has 0 aliphatic rings. The minimum absolute atomic E-state index is 0.142. The lowest BCUT2D eigenvalue weighted by atomic mass is 9.98. The van der Waals surface area contributed by atoms with E-state index in [1.807, 2.05) is 13.0 Å². The second-order valence-corrected chi connectivity index (χ2v) is 4.38. The summed E-state index contributed by atoms with van der Waals surface area (Å²) in [6, 6.07) is 3.20. The van der Waals surface area contributed by atoms with Crippen molar-refractivity contribution in [2.45, 2.75) is 19.4 Å². The molecule has 0 heterocycles. The minimum Gasteiger partial charge on any atom is -0.493 e. The Morgan fingerprint density at radius 2 is 1.84 bits per heavy atom. The third-order valence-corrected chi connectivity index (χ3v) is 2.96. The molecule has 6 nitrogen and oxygen atoms in total. The van der Waals surface area contributed by atoms with E-state index in [1.54, 1.807) is 20.3 Å². The lowest BCUT2D eigenvalue weighted by Crippen LogP contribution is -2.35. The van der Waals surface area contributed by atoms with E-state index in [1.165, 1.54) is 7.05 Å². The van der Waals surface area contributed by atoms with Crippen LogP contribution in [0.3, 0.4) is 0 Å². The van der Waals surface area contributed by atoms with Gasteiger partial charge in [-0.2, -0.15) is 0 Å². The van der Waals surface area contributed by atoms with Crippen LogP contribution in [0.4, 0.5) is 0 Å². The smallest absolute Gasteiger partial charge is 0.238 e. The first-order chi connectivity index (χ1) is 8.90. The average Bonchev–Trinajstić information content (AvgIpc) is 2.37. The topological polar surface area (TPSA) is 90.8 Å². The molecular weight excluding hydrogens is 246 g/mol. The molecule has 1 amide bonds. The second kappa shape index (κ2) is 6.40. The molecule has 4 N–H and O–H groups in total. The van der Waals surface area contributed by atoms with Crippen molar-refractivity contribution in [3.8, 4) is 11.5 Å². The van der Waals surface area contributed by atoms with Crippen molar-refractivity contribution in [3.05, 3.63) is 23.3 Å². The minimum atomic E-state index is -0.432. The fourth-order valence-electron chi connectivity index (χ4n) is 1.84. The van der Waals surface area contributed by atoms with Crippen molar-refractivity contribution >= 4 is 5.91 Å². The summed E-state index contributed by atoms with van der Waals surface area (Å²) >= 11 is 0. The maximum atomic E-state index is 11.6. The van der Waals surface area contributed by atoms with Crippen molar-refractivity contribution in [1.82, 2.24) is 5.01 Å². The van der Waals surface area contributed by atoms with Gasteiger partial charge >= 0.3 is 0 Å². The number of hydrogen-bond donors (Lipinski definition) is 2. The summed E-state index contributed by atoms with van der Waals surface area (Å²) in [5, 5.41) is 1.04. The quantitative estimate of drug-likeness (QED) is 0.466. The van der Waals surface area contributed by atoms with Gasteiger partial charge in [0.2, 0.25) is 5.91 Å². The van der Waals surface area contributed by atoms with Gasteiger partial charge in [-0.15, -0.1) is 0 Å². The maximum absolute atomic E-state index is 11.6. The first-order valence-corrected chi connectivity index (χ1v) is 5.90. The zero-order valence-electron chi connectivity index (χ0n) is 11.8. The molecule has 0 bridgehead atoms. The molecule has 0 spiro atoms. The molecule has 0 radical (unpaired) electrons. The Hall–Kier alpha value is -1.79. The van der Waals surface area contributed by atoms with Gasteiger partial charge in [-0.3, -0.25) is 9.80 Å². The van der Waals surface area contributed by atoms with Gasteiger partial charge in [0.25, 0.3) is 0 Å². The van der Waals surface area contributed by atoms with Crippen molar-refractivity contribution < 1.29 is 14.3 Å². The van der Waals surface area contributed by atoms with Gasteiger partial charge < -0.3 is 15.2 Å². The van der Waals surface area contributed by atoms with Gasteiger partial charge in [-0.25, -0.2) is 5.84 Å². The van der Waals surface area contributed by atoms with Crippen LogP contribution in [0, 0.1) is 6.92 Å². The number of nitrogens with zero attached hydrogens (tertiary/aromatic N) is 1. The van der Waals surface area contributed by atoms with Crippen LogP contribution in [0.1, 0.15) is 23.6 Å². The molecule has 0 aromatic heterocycles. The molecule has 1 atom stereocenters. The lowest BCUT2D eigenvalue weighted by molar-refractivity contribution is -0.130. The zero-order valence-corrected chi connectivity index (χ0v) is 11.8. The highest BCUT2D eigenvalue weighted by atomic mass is 16.5. The Labute approximate surface area is 113 Å². The molecule has 0 fully saturated rings. The van der Waals surface area contributed by atoms with Crippen LogP contribution in [0.25, 0.3) is 0 Å². The number of nitrogens with two attached hydrogens (primary N) is 2. The van der Waals surface area contributed by atoms with Crippen LogP contribution in [0.15, 0.2) is 12.1 Å². The highest BCUT2D eigenvalue weighted by molar-refractivity contribution is 5.76. The van der Waals surface area contributed by atoms with Crippen molar-refractivity contribution in [2.75, 3.05) is 21.3 Å². The molecule has 0 saturated carbocycles. The van der Waals surface area contributed by atoms with E-state index in [2.05, 4.69) is 0 Å². The molecule has 0 aliphatic heterocycles. The van der Waals surface area contributed by atoms with Gasteiger partial charge in [0, 0.05) is 19.5 Å². The Bertz CT molecular complexity index is 461. The molecule has 1 rings (SSSR count). The average molecular weight is 267 g/mol. The van der Waals surface area contributed by atoms with Crippen molar-refractivity contribution in [1.29, 1.82) is 0 Å². The van der Waals surface area contributed by atoms with Gasteiger partial charge in [0.15, 0.2) is 11.5 Å². The van der Waals surface area contributed by atoms with Gasteiger partial charge in [0.05, 0.1) is 14.2 Å². The summed E-state index contributed by atoms with van der Waals surface area (Å²) in [6.07, 6.45) is 0.142.